The average molecular weight is 181 g/mol. The van der Waals surface area contributed by atoms with E-state index in [-0.39, 0.29) is 0 Å². The molecule has 0 heterocycles. The summed E-state index contributed by atoms with van der Waals surface area (Å²) in [6.07, 6.45) is 6.78. The molecule has 1 unspecified atom stereocenters. The van der Waals surface area contributed by atoms with E-state index in [0.717, 1.165) is 32.1 Å². The van der Waals surface area contributed by atoms with Crippen molar-refractivity contribution in [3.63, 3.8) is 0 Å². The van der Waals surface area contributed by atoms with Crippen molar-refractivity contribution < 1.29 is 5.11 Å². The number of rotatable bonds is 6. The summed E-state index contributed by atoms with van der Waals surface area (Å²) in [5.74, 6) is 5.82. The second-order valence-corrected chi connectivity index (χ2v) is 3.72. The molecule has 0 saturated carbocycles. The van der Waals surface area contributed by atoms with E-state index in [1.54, 1.807) is 0 Å². The molecule has 0 bridgehead atoms. The first kappa shape index (κ1) is 12.5. The Bertz CT molecular complexity index is 171. The molecule has 1 atom stereocenters. The molecule has 0 amide bonds. The van der Waals surface area contributed by atoms with Crippen LogP contribution in [0.1, 0.15) is 52.9 Å². The third kappa shape index (κ3) is 7.87. The molecular formula is C12H21O-. The maximum absolute atomic E-state index is 9.89. The first-order chi connectivity index (χ1) is 6.12. The van der Waals surface area contributed by atoms with Crippen LogP contribution in [0.3, 0.4) is 0 Å². The first-order valence-corrected chi connectivity index (χ1v) is 5.02. The van der Waals surface area contributed by atoms with Crippen LogP contribution in [0.5, 0.6) is 0 Å². The maximum Gasteiger partial charge on any atom is 0.0628 e. The van der Waals surface area contributed by atoms with Gasteiger partial charge in [-0.05, 0) is 26.7 Å². The SMILES string of the molecule is CC#CCCC(C)(O)CCC[CH-]C. The molecule has 0 aliphatic carbocycles. The highest BCUT2D eigenvalue weighted by Crippen LogP contribution is 2.19. The molecule has 1 nitrogen and oxygen atoms in total. The van der Waals surface area contributed by atoms with Crippen molar-refractivity contribution in [1.82, 2.24) is 0 Å². The Morgan fingerprint density at radius 3 is 2.62 bits per heavy atom. The van der Waals surface area contributed by atoms with E-state index in [9.17, 15) is 5.11 Å². The molecule has 0 spiro atoms. The topological polar surface area (TPSA) is 20.2 Å². The van der Waals surface area contributed by atoms with Crippen LogP contribution in [0.25, 0.3) is 0 Å². The summed E-state index contributed by atoms with van der Waals surface area (Å²) in [7, 11) is 0. The van der Waals surface area contributed by atoms with Gasteiger partial charge >= 0.3 is 0 Å². The van der Waals surface area contributed by atoms with Gasteiger partial charge in [-0.1, -0.05) is 6.42 Å². The second kappa shape index (κ2) is 6.97. The van der Waals surface area contributed by atoms with E-state index >= 15 is 0 Å². The van der Waals surface area contributed by atoms with E-state index in [1.807, 2.05) is 13.8 Å². The number of hydrogen-bond donors (Lipinski definition) is 1. The number of aliphatic hydroxyl groups is 1. The van der Waals surface area contributed by atoms with Gasteiger partial charge in [-0.2, -0.15) is 13.3 Å². The molecule has 0 aliphatic heterocycles. The third-order valence-electron chi connectivity index (χ3n) is 2.17. The Morgan fingerprint density at radius 1 is 1.38 bits per heavy atom. The van der Waals surface area contributed by atoms with Gasteiger partial charge in [-0.3, -0.25) is 0 Å². The first-order valence-electron chi connectivity index (χ1n) is 5.02. The molecule has 0 saturated heterocycles. The van der Waals surface area contributed by atoms with Gasteiger partial charge in [-0.15, -0.1) is 11.8 Å². The van der Waals surface area contributed by atoms with Crippen LogP contribution in [0, 0.1) is 18.3 Å². The fraction of sp³-hybridized carbons (Fsp3) is 0.750. The zero-order valence-electron chi connectivity index (χ0n) is 9.06. The lowest BCUT2D eigenvalue weighted by Crippen LogP contribution is -2.23. The molecule has 0 aromatic heterocycles. The Labute approximate surface area is 82.5 Å². The van der Waals surface area contributed by atoms with Crippen molar-refractivity contribution in [3.05, 3.63) is 6.42 Å². The maximum atomic E-state index is 9.89. The van der Waals surface area contributed by atoms with Gasteiger partial charge in [-0.25, -0.2) is 0 Å². The fourth-order valence-electron chi connectivity index (χ4n) is 1.27. The van der Waals surface area contributed by atoms with Gasteiger partial charge in [0.2, 0.25) is 0 Å². The van der Waals surface area contributed by atoms with Crippen LogP contribution >= 0.6 is 0 Å². The predicted molar refractivity (Wildman–Crippen MR) is 57.1 cm³/mol. The molecule has 0 aliphatic rings. The predicted octanol–water partition coefficient (Wildman–Crippen LogP) is 2.94. The highest BCUT2D eigenvalue weighted by atomic mass is 16.3. The van der Waals surface area contributed by atoms with Gasteiger partial charge in [0, 0.05) is 6.42 Å². The zero-order chi connectivity index (χ0) is 10.2. The van der Waals surface area contributed by atoms with E-state index in [2.05, 4.69) is 25.2 Å². The molecule has 1 heteroatoms. The van der Waals surface area contributed by atoms with Crippen molar-refractivity contribution in [3.8, 4) is 11.8 Å². The molecular weight excluding hydrogens is 160 g/mol. The summed E-state index contributed by atoms with van der Waals surface area (Å²) in [6, 6.07) is 0. The quantitative estimate of drug-likeness (QED) is 0.379. The second-order valence-electron chi connectivity index (χ2n) is 3.72. The lowest BCUT2D eigenvalue weighted by Gasteiger charge is -2.22. The summed E-state index contributed by atoms with van der Waals surface area (Å²) in [6.45, 7) is 5.79. The van der Waals surface area contributed by atoms with E-state index in [0.29, 0.717) is 0 Å². The van der Waals surface area contributed by atoms with Crippen LogP contribution < -0.4 is 0 Å². The molecule has 0 aromatic carbocycles. The van der Waals surface area contributed by atoms with E-state index in [1.165, 1.54) is 0 Å². The molecule has 0 radical (unpaired) electrons. The monoisotopic (exact) mass is 181 g/mol. The highest BCUT2D eigenvalue weighted by molar-refractivity contribution is 4.96. The van der Waals surface area contributed by atoms with Crippen molar-refractivity contribution in [2.24, 2.45) is 0 Å². The smallest absolute Gasteiger partial charge is 0.0628 e. The minimum absolute atomic E-state index is 0.521. The molecule has 0 rings (SSSR count). The normalized spacial score (nSPS) is 14.5. The Balaban J connectivity index is 3.57. The molecule has 76 valence electrons. The summed E-state index contributed by atoms with van der Waals surface area (Å²) >= 11 is 0. The molecule has 0 aromatic rings. The minimum Gasteiger partial charge on any atom is -0.390 e. The average Bonchev–Trinajstić information content (AvgIpc) is 2.05. The summed E-state index contributed by atoms with van der Waals surface area (Å²) < 4.78 is 0. The van der Waals surface area contributed by atoms with Gasteiger partial charge in [0.05, 0.1) is 5.60 Å². The Morgan fingerprint density at radius 2 is 2.08 bits per heavy atom. The molecule has 1 N–H and O–H groups in total. The van der Waals surface area contributed by atoms with E-state index in [4.69, 9.17) is 0 Å². The lowest BCUT2D eigenvalue weighted by molar-refractivity contribution is 0.0415. The zero-order valence-corrected chi connectivity index (χ0v) is 9.06. The number of hydrogen-bond acceptors (Lipinski definition) is 1. The van der Waals surface area contributed by atoms with Crippen molar-refractivity contribution >= 4 is 0 Å². The fourth-order valence-corrected chi connectivity index (χ4v) is 1.27. The molecule has 13 heavy (non-hydrogen) atoms. The van der Waals surface area contributed by atoms with Gasteiger partial charge in [0.1, 0.15) is 0 Å². The van der Waals surface area contributed by atoms with Crippen LogP contribution in [-0.2, 0) is 0 Å². The van der Waals surface area contributed by atoms with Crippen LogP contribution in [0.4, 0.5) is 0 Å². The Hall–Kier alpha value is -0.480. The summed E-state index contributed by atoms with van der Waals surface area (Å²) in [4.78, 5) is 0. The van der Waals surface area contributed by atoms with Crippen LogP contribution in [0.2, 0.25) is 0 Å². The lowest BCUT2D eigenvalue weighted by atomic mass is 9.93. The van der Waals surface area contributed by atoms with Crippen molar-refractivity contribution in [1.29, 1.82) is 0 Å². The van der Waals surface area contributed by atoms with Crippen LogP contribution in [0.15, 0.2) is 0 Å². The summed E-state index contributed by atoms with van der Waals surface area (Å²) in [5, 5.41) is 9.89. The van der Waals surface area contributed by atoms with Gasteiger partial charge in [0.15, 0.2) is 0 Å². The van der Waals surface area contributed by atoms with Gasteiger partial charge < -0.3 is 11.5 Å². The summed E-state index contributed by atoms with van der Waals surface area (Å²) in [5.41, 5.74) is -0.521. The Kier molecular flexibility index (Phi) is 6.72. The van der Waals surface area contributed by atoms with E-state index < -0.39 is 5.60 Å². The van der Waals surface area contributed by atoms with Gasteiger partial charge in [0.25, 0.3) is 0 Å². The minimum atomic E-state index is -0.521. The third-order valence-corrected chi connectivity index (χ3v) is 2.17. The van der Waals surface area contributed by atoms with Crippen LogP contribution in [-0.4, -0.2) is 10.7 Å². The van der Waals surface area contributed by atoms with Crippen molar-refractivity contribution in [2.75, 3.05) is 0 Å². The highest BCUT2D eigenvalue weighted by Gasteiger charge is 2.17. The number of unbranched alkanes of at least 4 members (excludes halogenated alkanes) is 2. The van der Waals surface area contributed by atoms with Crippen molar-refractivity contribution in [2.45, 2.75) is 58.5 Å². The largest absolute Gasteiger partial charge is 0.390 e. The molecule has 0 fully saturated rings. The standard InChI is InChI=1S/C12H21O/c1-4-6-8-10-12(3,13)11-9-7-5-2/h4,13H,6,8-11H2,1-3H3/q-1.